The fraction of sp³-hybridized carbons (Fsp3) is 0.462. The van der Waals surface area contributed by atoms with Crippen LogP contribution in [0.4, 0.5) is 8.78 Å². The molecule has 37 heavy (non-hydrogen) atoms. The van der Waals surface area contributed by atoms with Gasteiger partial charge in [-0.05, 0) is 55.5 Å². The van der Waals surface area contributed by atoms with Gasteiger partial charge >= 0.3 is 11.9 Å². The van der Waals surface area contributed by atoms with Crippen molar-refractivity contribution in [3.8, 4) is 5.75 Å². The van der Waals surface area contributed by atoms with Crippen molar-refractivity contribution in [3.63, 3.8) is 0 Å². The van der Waals surface area contributed by atoms with Gasteiger partial charge in [-0.1, -0.05) is 37.5 Å². The van der Waals surface area contributed by atoms with Crippen LogP contribution in [-0.2, 0) is 20.7 Å². The number of rotatable bonds is 9. The Morgan fingerprint density at radius 3 is 2.46 bits per heavy atom. The SMILES string of the molecule is CCOc1ccc(S(=O)(=O)N2C[C@@H](CC3CCC3)[C@@H](n3nc(C(F)(F)C(=O)O)c4ccccc43)C2)cc1. The number of benzene rings is 2. The van der Waals surface area contributed by atoms with Crippen LogP contribution in [0.3, 0.4) is 0 Å². The lowest BCUT2D eigenvalue weighted by Gasteiger charge is -2.30. The van der Waals surface area contributed by atoms with Gasteiger partial charge in [0, 0.05) is 18.5 Å². The fourth-order valence-electron chi connectivity index (χ4n) is 5.38. The van der Waals surface area contributed by atoms with E-state index in [0.717, 1.165) is 25.7 Å². The Morgan fingerprint density at radius 2 is 1.84 bits per heavy atom. The number of carbonyl (C=O) groups is 1. The summed E-state index contributed by atoms with van der Waals surface area (Å²) in [7, 11) is -3.86. The Morgan fingerprint density at radius 1 is 1.14 bits per heavy atom. The van der Waals surface area contributed by atoms with Crippen molar-refractivity contribution >= 4 is 26.9 Å². The summed E-state index contributed by atoms with van der Waals surface area (Å²) >= 11 is 0. The summed E-state index contributed by atoms with van der Waals surface area (Å²) in [5, 5.41) is 13.4. The number of nitrogens with zero attached hydrogens (tertiary/aromatic N) is 3. The number of hydrogen-bond donors (Lipinski definition) is 1. The Balaban J connectivity index is 1.53. The zero-order valence-electron chi connectivity index (χ0n) is 20.4. The average molecular weight is 534 g/mol. The topological polar surface area (TPSA) is 102 Å². The third kappa shape index (κ3) is 4.59. The number of sulfonamides is 1. The predicted octanol–water partition coefficient (Wildman–Crippen LogP) is 4.66. The number of alkyl halides is 2. The van der Waals surface area contributed by atoms with Gasteiger partial charge in [0.15, 0.2) is 5.69 Å². The van der Waals surface area contributed by atoms with Crippen molar-refractivity contribution in [2.24, 2.45) is 11.8 Å². The van der Waals surface area contributed by atoms with Crippen LogP contribution in [0.1, 0.15) is 44.3 Å². The van der Waals surface area contributed by atoms with Crippen molar-refractivity contribution in [1.29, 1.82) is 0 Å². The van der Waals surface area contributed by atoms with Crippen molar-refractivity contribution in [1.82, 2.24) is 14.1 Å². The lowest BCUT2D eigenvalue weighted by atomic mass is 9.78. The molecule has 2 atom stereocenters. The predicted molar refractivity (Wildman–Crippen MR) is 132 cm³/mol. The molecule has 0 unspecified atom stereocenters. The number of hydrogen-bond acceptors (Lipinski definition) is 5. The number of halogens is 2. The lowest BCUT2D eigenvalue weighted by molar-refractivity contribution is -0.166. The summed E-state index contributed by atoms with van der Waals surface area (Å²) < 4.78 is 64.7. The summed E-state index contributed by atoms with van der Waals surface area (Å²) in [4.78, 5) is 11.5. The summed E-state index contributed by atoms with van der Waals surface area (Å²) in [5.41, 5.74) is -0.465. The number of aromatic nitrogens is 2. The zero-order chi connectivity index (χ0) is 26.4. The summed E-state index contributed by atoms with van der Waals surface area (Å²) in [6.07, 6.45) is 3.98. The Kier molecular flexibility index (Phi) is 6.70. The molecule has 8 nitrogen and oxygen atoms in total. The van der Waals surface area contributed by atoms with Crippen molar-refractivity contribution in [3.05, 3.63) is 54.2 Å². The molecule has 2 fully saturated rings. The molecule has 1 aliphatic carbocycles. The van der Waals surface area contributed by atoms with Gasteiger partial charge < -0.3 is 9.84 Å². The molecule has 2 heterocycles. The minimum Gasteiger partial charge on any atom is -0.494 e. The van der Waals surface area contributed by atoms with Crippen LogP contribution >= 0.6 is 0 Å². The molecule has 1 saturated heterocycles. The number of aliphatic carboxylic acids is 1. The molecular weight excluding hydrogens is 504 g/mol. The molecule has 1 aromatic heterocycles. The zero-order valence-corrected chi connectivity index (χ0v) is 21.2. The lowest BCUT2D eigenvalue weighted by Crippen LogP contribution is -2.30. The second-order valence-electron chi connectivity index (χ2n) is 9.78. The van der Waals surface area contributed by atoms with Crippen LogP contribution in [0.2, 0.25) is 0 Å². The van der Waals surface area contributed by atoms with E-state index in [0.29, 0.717) is 23.8 Å². The summed E-state index contributed by atoms with van der Waals surface area (Å²) in [5.74, 6) is -5.60. The van der Waals surface area contributed by atoms with Gasteiger partial charge in [0.1, 0.15) is 5.75 Å². The maximum absolute atomic E-state index is 14.7. The van der Waals surface area contributed by atoms with Gasteiger partial charge in [-0.3, -0.25) is 4.68 Å². The van der Waals surface area contributed by atoms with Gasteiger partial charge in [0.25, 0.3) is 0 Å². The molecule has 1 N–H and O–H groups in total. The Bertz CT molecular complexity index is 1400. The van der Waals surface area contributed by atoms with E-state index in [4.69, 9.17) is 4.74 Å². The molecule has 1 aliphatic heterocycles. The van der Waals surface area contributed by atoms with Gasteiger partial charge in [-0.25, -0.2) is 13.2 Å². The summed E-state index contributed by atoms with van der Waals surface area (Å²) in [6, 6.07) is 12.0. The molecule has 0 bridgehead atoms. The molecular formula is C26H29F2N3O5S. The normalized spacial score (nSPS) is 21.3. The largest absolute Gasteiger partial charge is 0.494 e. The highest BCUT2D eigenvalue weighted by molar-refractivity contribution is 7.89. The van der Waals surface area contributed by atoms with E-state index >= 15 is 0 Å². The van der Waals surface area contributed by atoms with E-state index in [1.54, 1.807) is 30.3 Å². The van der Waals surface area contributed by atoms with Crippen LogP contribution < -0.4 is 4.74 Å². The number of para-hydroxylation sites is 1. The van der Waals surface area contributed by atoms with Gasteiger partial charge in [0.2, 0.25) is 10.0 Å². The minimum atomic E-state index is -4.18. The van der Waals surface area contributed by atoms with Crippen LogP contribution in [0, 0.1) is 11.8 Å². The van der Waals surface area contributed by atoms with Crippen molar-refractivity contribution in [2.75, 3.05) is 19.7 Å². The van der Waals surface area contributed by atoms with E-state index in [1.165, 1.54) is 27.2 Å². The molecule has 3 aromatic rings. The molecule has 1 saturated carbocycles. The molecule has 11 heteroatoms. The fourth-order valence-corrected chi connectivity index (χ4v) is 6.89. The molecule has 2 aliphatic rings. The maximum Gasteiger partial charge on any atom is 0.386 e. The third-order valence-electron chi connectivity index (χ3n) is 7.50. The Hall–Kier alpha value is -3.05. The smallest absolute Gasteiger partial charge is 0.386 e. The van der Waals surface area contributed by atoms with Crippen LogP contribution in [0.15, 0.2) is 53.4 Å². The second-order valence-corrected chi connectivity index (χ2v) is 11.7. The molecule has 0 radical (unpaired) electrons. The van der Waals surface area contributed by atoms with Crippen LogP contribution in [0.5, 0.6) is 5.75 Å². The van der Waals surface area contributed by atoms with Crippen molar-refractivity contribution < 1.29 is 31.8 Å². The van der Waals surface area contributed by atoms with Crippen LogP contribution in [0.25, 0.3) is 10.9 Å². The highest BCUT2D eigenvalue weighted by Gasteiger charge is 2.48. The van der Waals surface area contributed by atoms with E-state index in [9.17, 15) is 27.1 Å². The van der Waals surface area contributed by atoms with Gasteiger partial charge in [-0.15, -0.1) is 0 Å². The molecule has 5 rings (SSSR count). The first-order valence-electron chi connectivity index (χ1n) is 12.4. The minimum absolute atomic E-state index is 0.0464. The first-order valence-corrected chi connectivity index (χ1v) is 13.9. The van der Waals surface area contributed by atoms with E-state index in [2.05, 4.69) is 5.10 Å². The quantitative estimate of drug-likeness (QED) is 0.429. The van der Waals surface area contributed by atoms with Gasteiger partial charge in [0.05, 0.1) is 23.1 Å². The number of carboxylic acids is 1. The molecule has 198 valence electrons. The van der Waals surface area contributed by atoms with Gasteiger partial charge in [-0.2, -0.15) is 18.2 Å². The number of ether oxygens (including phenoxy) is 1. The standard InChI is InChI=1S/C26H29F2N3O5S/c1-2-36-19-10-12-20(13-11-19)37(34,35)30-15-18(14-17-6-5-7-17)23(16-30)31-22-9-4-3-8-21(22)24(29-31)26(27,28)25(32)33/h3-4,8-13,17-18,23H,2,5-7,14-16H2,1H3,(H,32,33)/t18-,23+/m1/s1. The number of fused-ring (bicyclic) bond motifs is 1. The van der Waals surface area contributed by atoms with E-state index in [-0.39, 0.29) is 29.3 Å². The van der Waals surface area contributed by atoms with E-state index < -0.39 is 33.7 Å². The first-order chi connectivity index (χ1) is 17.6. The van der Waals surface area contributed by atoms with E-state index in [1.807, 2.05) is 6.92 Å². The molecule has 0 amide bonds. The molecule has 0 spiro atoms. The second kappa shape index (κ2) is 9.68. The maximum atomic E-state index is 14.7. The molecule has 2 aromatic carbocycles. The van der Waals surface area contributed by atoms with Crippen molar-refractivity contribution in [2.45, 2.75) is 49.5 Å². The van der Waals surface area contributed by atoms with Crippen LogP contribution in [-0.4, -0.2) is 53.3 Å². The highest BCUT2D eigenvalue weighted by atomic mass is 32.2. The Labute approximate surface area is 213 Å². The number of carboxylic acid groups (broad SMARTS) is 1. The monoisotopic (exact) mass is 533 g/mol. The summed E-state index contributed by atoms with van der Waals surface area (Å²) in [6.45, 7) is 2.59. The highest BCUT2D eigenvalue weighted by Crippen LogP contribution is 2.43. The average Bonchev–Trinajstić information content (AvgIpc) is 3.44. The first kappa shape index (κ1) is 25.6. The third-order valence-corrected chi connectivity index (χ3v) is 9.35.